The number of hydrogen-bond donors (Lipinski definition) is 1. The van der Waals surface area contributed by atoms with E-state index in [0.29, 0.717) is 31.6 Å². The van der Waals surface area contributed by atoms with E-state index in [1.54, 1.807) is 0 Å². The largest absolute Gasteiger partial charge is 0.550 e. The second-order valence-corrected chi connectivity index (χ2v) is 6.05. The number of quaternary nitrogens is 1. The van der Waals surface area contributed by atoms with Gasteiger partial charge in [-0.3, -0.25) is 9.59 Å². The SMILES string of the molecule is O=C([O-])C1CC[NH+]([C@@H]2CC(=O)N(c3ccc(F)cc3)C2=O)CC1. The van der Waals surface area contributed by atoms with Gasteiger partial charge in [0, 0.05) is 24.7 Å². The number of carbonyl (C=O) groups excluding carboxylic acids is 3. The molecule has 0 aromatic heterocycles. The fourth-order valence-corrected chi connectivity index (χ4v) is 3.39. The third-order valence-corrected chi connectivity index (χ3v) is 4.69. The fraction of sp³-hybridized carbons (Fsp3) is 0.438. The van der Waals surface area contributed by atoms with Gasteiger partial charge in [0.1, 0.15) is 5.82 Å². The van der Waals surface area contributed by atoms with Crippen LogP contribution in [0.25, 0.3) is 0 Å². The van der Waals surface area contributed by atoms with E-state index in [4.69, 9.17) is 0 Å². The number of nitrogens with zero attached hydrogens (tertiary/aromatic N) is 1. The van der Waals surface area contributed by atoms with Crippen molar-refractivity contribution in [2.45, 2.75) is 25.3 Å². The van der Waals surface area contributed by atoms with Gasteiger partial charge in [-0.25, -0.2) is 9.29 Å². The fourth-order valence-electron chi connectivity index (χ4n) is 3.39. The van der Waals surface area contributed by atoms with Crippen molar-refractivity contribution < 1.29 is 28.8 Å². The van der Waals surface area contributed by atoms with Gasteiger partial charge in [0.25, 0.3) is 5.91 Å². The highest BCUT2D eigenvalue weighted by Crippen LogP contribution is 2.22. The number of rotatable bonds is 3. The van der Waals surface area contributed by atoms with Gasteiger partial charge in [-0.1, -0.05) is 0 Å². The molecule has 2 aliphatic heterocycles. The van der Waals surface area contributed by atoms with Gasteiger partial charge < -0.3 is 14.8 Å². The molecule has 7 heteroatoms. The van der Waals surface area contributed by atoms with Crippen molar-refractivity contribution in [1.29, 1.82) is 0 Å². The Morgan fingerprint density at radius 3 is 2.35 bits per heavy atom. The number of likely N-dealkylation sites (tertiary alicyclic amines) is 1. The molecule has 0 bridgehead atoms. The number of imide groups is 1. The Labute approximate surface area is 132 Å². The van der Waals surface area contributed by atoms with Gasteiger partial charge in [0.2, 0.25) is 5.91 Å². The molecule has 2 heterocycles. The molecule has 0 unspecified atom stereocenters. The number of carboxylic acids is 1. The molecule has 1 N–H and O–H groups in total. The van der Waals surface area contributed by atoms with Gasteiger partial charge in [0.15, 0.2) is 6.04 Å². The van der Waals surface area contributed by atoms with E-state index in [-0.39, 0.29) is 18.2 Å². The Hall–Kier alpha value is -2.28. The van der Waals surface area contributed by atoms with Crippen molar-refractivity contribution in [3.05, 3.63) is 30.1 Å². The Morgan fingerprint density at radius 1 is 1.17 bits per heavy atom. The second kappa shape index (κ2) is 6.08. The summed E-state index contributed by atoms with van der Waals surface area (Å²) < 4.78 is 13.0. The summed E-state index contributed by atoms with van der Waals surface area (Å²) in [7, 11) is 0. The highest BCUT2D eigenvalue weighted by molar-refractivity contribution is 6.21. The zero-order chi connectivity index (χ0) is 16.6. The van der Waals surface area contributed by atoms with E-state index in [0.717, 1.165) is 9.80 Å². The van der Waals surface area contributed by atoms with Crippen LogP contribution in [0.3, 0.4) is 0 Å². The number of halogens is 1. The van der Waals surface area contributed by atoms with Crippen molar-refractivity contribution >= 4 is 23.5 Å². The zero-order valence-corrected chi connectivity index (χ0v) is 12.5. The maximum Gasteiger partial charge on any atom is 0.292 e. The highest BCUT2D eigenvalue weighted by Gasteiger charge is 2.46. The molecule has 1 aromatic carbocycles. The number of benzene rings is 1. The molecule has 0 spiro atoms. The Kier molecular flexibility index (Phi) is 4.12. The van der Waals surface area contributed by atoms with E-state index < -0.39 is 23.7 Å². The summed E-state index contributed by atoms with van der Waals surface area (Å²) >= 11 is 0. The van der Waals surface area contributed by atoms with E-state index in [9.17, 15) is 23.9 Å². The lowest BCUT2D eigenvalue weighted by molar-refractivity contribution is -0.920. The molecule has 23 heavy (non-hydrogen) atoms. The molecule has 1 atom stereocenters. The molecule has 2 aliphatic rings. The standard InChI is InChI=1S/C16H17FN2O4/c17-11-1-3-12(4-2-11)19-14(20)9-13(15(19)21)18-7-5-10(6-8-18)16(22)23/h1-4,10,13H,5-9H2,(H,22,23)/t13-/m1/s1. The van der Waals surface area contributed by atoms with Crippen LogP contribution in [-0.4, -0.2) is 36.9 Å². The quantitative estimate of drug-likeness (QED) is 0.688. The number of piperidine rings is 1. The maximum atomic E-state index is 13.0. The first kappa shape index (κ1) is 15.6. The summed E-state index contributed by atoms with van der Waals surface area (Å²) in [6.07, 6.45) is 1.000. The summed E-state index contributed by atoms with van der Waals surface area (Å²) in [5.41, 5.74) is 0.368. The van der Waals surface area contributed by atoms with Crippen LogP contribution in [0.2, 0.25) is 0 Å². The molecule has 0 radical (unpaired) electrons. The average Bonchev–Trinajstić information content (AvgIpc) is 2.83. The minimum atomic E-state index is -1.05. The van der Waals surface area contributed by atoms with Crippen molar-refractivity contribution in [1.82, 2.24) is 0 Å². The molecule has 0 aliphatic carbocycles. The van der Waals surface area contributed by atoms with Gasteiger partial charge >= 0.3 is 0 Å². The second-order valence-electron chi connectivity index (χ2n) is 6.05. The van der Waals surface area contributed by atoms with Crippen LogP contribution in [0, 0.1) is 11.7 Å². The highest BCUT2D eigenvalue weighted by atomic mass is 19.1. The topological polar surface area (TPSA) is 81.9 Å². The van der Waals surface area contributed by atoms with Gasteiger partial charge in [0.05, 0.1) is 25.2 Å². The smallest absolute Gasteiger partial charge is 0.292 e. The number of hydrogen-bond acceptors (Lipinski definition) is 4. The number of amides is 2. The molecule has 0 saturated carbocycles. The van der Waals surface area contributed by atoms with Crippen LogP contribution >= 0.6 is 0 Å². The van der Waals surface area contributed by atoms with E-state index in [2.05, 4.69) is 0 Å². The Morgan fingerprint density at radius 2 is 1.78 bits per heavy atom. The lowest BCUT2D eigenvalue weighted by atomic mass is 9.96. The molecular formula is C16H17FN2O4. The molecule has 1 aromatic rings. The van der Waals surface area contributed by atoms with Crippen LogP contribution < -0.4 is 14.9 Å². The number of carbonyl (C=O) groups is 3. The third-order valence-electron chi connectivity index (χ3n) is 4.69. The lowest BCUT2D eigenvalue weighted by Crippen LogP contribution is -3.17. The summed E-state index contributed by atoms with van der Waals surface area (Å²) in [5.74, 6) is -2.56. The summed E-state index contributed by atoms with van der Waals surface area (Å²) in [6.45, 7) is 1.05. The molecular weight excluding hydrogens is 303 g/mol. The number of nitrogens with one attached hydrogen (secondary N) is 1. The monoisotopic (exact) mass is 320 g/mol. The van der Waals surface area contributed by atoms with Crippen molar-refractivity contribution in [2.24, 2.45) is 5.92 Å². The summed E-state index contributed by atoms with van der Waals surface area (Å²) in [6, 6.07) is 4.74. The Balaban J connectivity index is 1.72. The maximum absolute atomic E-state index is 13.0. The third kappa shape index (κ3) is 2.96. The van der Waals surface area contributed by atoms with Crippen molar-refractivity contribution in [3.63, 3.8) is 0 Å². The van der Waals surface area contributed by atoms with Crippen molar-refractivity contribution in [2.75, 3.05) is 18.0 Å². The first-order valence-electron chi connectivity index (χ1n) is 7.65. The molecule has 3 rings (SSSR count). The summed E-state index contributed by atoms with van der Waals surface area (Å²) in [5, 5.41) is 10.9. The van der Waals surface area contributed by atoms with Crippen LogP contribution in [0.15, 0.2) is 24.3 Å². The van der Waals surface area contributed by atoms with Crippen LogP contribution in [0.1, 0.15) is 19.3 Å². The minimum absolute atomic E-state index is 0.0987. The van der Waals surface area contributed by atoms with E-state index >= 15 is 0 Å². The van der Waals surface area contributed by atoms with Gasteiger partial charge in [-0.05, 0) is 24.3 Å². The van der Waals surface area contributed by atoms with Crippen LogP contribution in [0.5, 0.6) is 0 Å². The number of carboxylic acid groups (broad SMARTS) is 1. The lowest BCUT2D eigenvalue weighted by Gasteiger charge is -2.32. The normalized spacial score (nSPS) is 28.2. The molecule has 2 amide bonds. The molecule has 2 saturated heterocycles. The van der Waals surface area contributed by atoms with E-state index in [1.807, 2.05) is 0 Å². The molecule has 122 valence electrons. The first-order chi connectivity index (χ1) is 11.0. The van der Waals surface area contributed by atoms with E-state index in [1.165, 1.54) is 24.3 Å². The predicted molar refractivity (Wildman–Crippen MR) is 75.7 cm³/mol. The number of aliphatic carboxylic acids is 1. The van der Waals surface area contributed by atoms with Crippen LogP contribution in [-0.2, 0) is 14.4 Å². The van der Waals surface area contributed by atoms with Gasteiger partial charge in [-0.2, -0.15) is 0 Å². The van der Waals surface area contributed by atoms with Crippen LogP contribution in [0.4, 0.5) is 10.1 Å². The molecule has 6 nitrogen and oxygen atoms in total. The zero-order valence-electron chi connectivity index (χ0n) is 12.5. The number of anilines is 1. The first-order valence-corrected chi connectivity index (χ1v) is 7.65. The molecule has 2 fully saturated rings. The van der Waals surface area contributed by atoms with Gasteiger partial charge in [-0.15, -0.1) is 0 Å². The van der Waals surface area contributed by atoms with Crippen molar-refractivity contribution in [3.8, 4) is 0 Å². The predicted octanol–water partition coefficient (Wildman–Crippen LogP) is -1.50. The Bertz CT molecular complexity index is 638. The average molecular weight is 320 g/mol. The minimum Gasteiger partial charge on any atom is -0.550 e. The summed E-state index contributed by atoms with van der Waals surface area (Å²) in [4.78, 5) is 37.7.